The molecule has 1 unspecified atom stereocenters. The number of carbonyl (C=O) groups is 2. The maximum Gasteiger partial charge on any atom is 0.410 e. The van der Waals surface area contributed by atoms with Crippen molar-refractivity contribution in [2.45, 2.75) is 32.8 Å². The Kier molecular flexibility index (Phi) is 3.32. The fourth-order valence-electron chi connectivity index (χ4n) is 1.61. The van der Waals surface area contributed by atoms with Crippen LogP contribution in [-0.2, 0) is 9.53 Å². The lowest BCUT2D eigenvalue weighted by Crippen LogP contribution is -2.38. The number of carboxylic acid groups (broad SMARTS) is 1. The van der Waals surface area contributed by atoms with Gasteiger partial charge in [-0.2, -0.15) is 5.26 Å². The monoisotopic (exact) mass is 240 g/mol. The van der Waals surface area contributed by atoms with E-state index in [9.17, 15) is 9.59 Å². The Morgan fingerprint density at radius 3 is 2.41 bits per heavy atom. The Morgan fingerprint density at radius 1 is 1.47 bits per heavy atom. The highest BCUT2D eigenvalue weighted by Gasteiger charge is 2.47. The van der Waals surface area contributed by atoms with Crippen LogP contribution in [-0.4, -0.2) is 40.8 Å². The van der Waals surface area contributed by atoms with Crippen LogP contribution in [0.25, 0.3) is 0 Å². The summed E-state index contributed by atoms with van der Waals surface area (Å²) in [6.45, 7) is 5.31. The lowest BCUT2D eigenvalue weighted by atomic mass is 9.89. The number of nitriles is 1. The number of carboxylic acids is 1. The summed E-state index contributed by atoms with van der Waals surface area (Å²) in [5, 5.41) is 17.9. The second kappa shape index (κ2) is 4.24. The van der Waals surface area contributed by atoms with Crippen LogP contribution in [0.5, 0.6) is 0 Å². The van der Waals surface area contributed by atoms with Gasteiger partial charge in [-0.15, -0.1) is 0 Å². The topological polar surface area (TPSA) is 90.6 Å². The maximum atomic E-state index is 11.7. The third-order valence-electron chi connectivity index (χ3n) is 2.54. The minimum Gasteiger partial charge on any atom is -0.480 e. The summed E-state index contributed by atoms with van der Waals surface area (Å²) in [6, 6.07) is 1.78. The van der Waals surface area contributed by atoms with E-state index in [0.29, 0.717) is 0 Å². The molecule has 1 saturated heterocycles. The summed E-state index contributed by atoms with van der Waals surface area (Å²) in [6.07, 6.45) is -0.436. The van der Waals surface area contributed by atoms with Crippen LogP contribution in [0.15, 0.2) is 0 Å². The summed E-state index contributed by atoms with van der Waals surface area (Å²) in [5.74, 6) is -1.19. The molecule has 0 aromatic carbocycles. The van der Waals surface area contributed by atoms with Gasteiger partial charge in [0.1, 0.15) is 5.60 Å². The van der Waals surface area contributed by atoms with E-state index >= 15 is 0 Å². The molecule has 1 rings (SSSR count). The van der Waals surface area contributed by atoms with E-state index in [1.807, 2.05) is 0 Å². The molecule has 1 aliphatic heterocycles. The molecule has 0 aromatic rings. The summed E-state index contributed by atoms with van der Waals surface area (Å²) < 4.78 is 5.12. The Morgan fingerprint density at radius 2 is 2.06 bits per heavy atom. The van der Waals surface area contributed by atoms with Crippen molar-refractivity contribution in [3.05, 3.63) is 0 Å². The third-order valence-corrected chi connectivity index (χ3v) is 2.54. The number of hydrogen-bond donors (Lipinski definition) is 1. The smallest absolute Gasteiger partial charge is 0.410 e. The van der Waals surface area contributed by atoms with Gasteiger partial charge in [0.25, 0.3) is 0 Å². The van der Waals surface area contributed by atoms with Gasteiger partial charge in [0.15, 0.2) is 5.41 Å². The van der Waals surface area contributed by atoms with Gasteiger partial charge in [0.05, 0.1) is 12.6 Å². The SMILES string of the molecule is CC(C)(C)OC(=O)N1CCC(C#N)(C(=O)O)C1. The maximum absolute atomic E-state index is 11.7. The molecule has 1 aliphatic rings. The zero-order valence-corrected chi connectivity index (χ0v) is 10.2. The molecule has 6 nitrogen and oxygen atoms in total. The molecule has 1 amide bonds. The highest BCUT2D eigenvalue weighted by molar-refractivity contribution is 5.80. The van der Waals surface area contributed by atoms with Crippen LogP contribution in [0, 0.1) is 16.7 Å². The average molecular weight is 240 g/mol. The van der Waals surface area contributed by atoms with Gasteiger partial charge in [-0.05, 0) is 27.2 Å². The van der Waals surface area contributed by atoms with E-state index < -0.39 is 23.1 Å². The van der Waals surface area contributed by atoms with Crippen LogP contribution in [0.3, 0.4) is 0 Å². The van der Waals surface area contributed by atoms with Crippen LogP contribution in [0.2, 0.25) is 0 Å². The molecule has 0 radical (unpaired) electrons. The van der Waals surface area contributed by atoms with Crippen molar-refractivity contribution in [1.29, 1.82) is 5.26 Å². The second-order valence-corrected chi connectivity index (χ2v) is 5.15. The van der Waals surface area contributed by atoms with Gasteiger partial charge >= 0.3 is 12.1 Å². The predicted octanol–water partition coefficient (Wildman–Crippen LogP) is 1.22. The van der Waals surface area contributed by atoms with E-state index in [4.69, 9.17) is 15.1 Å². The van der Waals surface area contributed by atoms with E-state index in [0.717, 1.165) is 0 Å². The number of ether oxygens (including phenoxy) is 1. The van der Waals surface area contributed by atoms with Crippen molar-refractivity contribution in [3.63, 3.8) is 0 Å². The van der Waals surface area contributed by atoms with E-state index in [1.54, 1.807) is 26.8 Å². The first-order valence-electron chi connectivity index (χ1n) is 5.33. The summed E-state index contributed by atoms with van der Waals surface area (Å²) >= 11 is 0. The zero-order valence-electron chi connectivity index (χ0n) is 10.2. The third kappa shape index (κ3) is 2.87. The van der Waals surface area contributed by atoms with E-state index in [-0.39, 0.29) is 19.5 Å². The van der Waals surface area contributed by atoms with Crippen molar-refractivity contribution in [2.24, 2.45) is 5.41 Å². The Hall–Kier alpha value is -1.77. The van der Waals surface area contributed by atoms with Crippen LogP contribution in [0.4, 0.5) is 4.79 Å². The standard InChI is InChI=1S/C11H16N2O4/c1-10(2,3)17-9(16)13-5-4-11(6-12,7-13)8(14)15/h4-5,7H2,1-3H3,(H,14,15). The van der Waals surface area contributed by atoms with Crippen molar-refractivity contribution >= 4 is 12.1 Å². The van der Waals surface area contributed by atoms with E-state index in [2.05, 4.69) is 0 Å². The molecule has 0 saturated carbocycles. The first-order chi connectivity index (χ1) is 7.70. The van der Waals surface area contributed by atoms with Crippen molar-refractivity contribution in [1.82, 2.24) is 4.90 Å². The molecule has 0 aromatic heterocycles. The minimum atomic E-state index is -1.49. The van der Waals surface area contributed by atoms with Crippen LogP contribution in [0.1, 0.15) is 27.2 Å². The molecule has 6 heteroatoms. The normalized spacial score (nSPS) is 24.2. The van der Waals surface area contributed by atoms with Crippen molar-refractivity contribution < 1.29 is 19.4 Å². The molecule has 1 N–H and O–H groups in total. The number of amides is 1. The Labute approximate surface area is 99.8 Å². The number of rotatable bonds is 1. The largest absolute Gasteiger partial charge is 0.480 e. The van der Waals surface area contributed by atoms with Gasteiger partial charge in [0.2, 0.25) is 0 Å². The average Bonchev–Trinajstić information content (AvgIpc) is 2.60. The molecule has 1 atom stereocenters. The van der Waals surface area contributed by atoms with E-state index in [1.165, 1.54) is 4.90 Å². The second-order valence-electron chi connectivity index (χ2n) is 5.15. The fourth-order valence-corrected chi connectivity index (χ4v) is 1.61. The first-order valence-corrected chi connectivity index (χ1v) is 5.33. The van der Waals surface area contributed by atoms with Gasteiger partial charge in [-0.1, -0.05) is 0 Å². The number of nitrogens with zero attached hydrogens (tertiary/aromatic N) is 2. The van der Waals surface area contributed by atoms with Gasteiger partial charge in [-0.25, -0.2) is 4.79 Å². The lowest BCUT2D eigenvalue weighted by Gasteiger charge is -2.24. The molecular weight excluding hydrogens is 224 g/mol. The van der Waals surface area contributed by atoms with Gasteiger partial charge in [-0.3, -0.25) is 4.79 Å². The summed E-state index contributed by atoms with van der Waals surface area (Å²) in [4.78, 5) is 24.0. The van der Waals surface area contributed by atoms with Crippen LogP contribution >= 0.6 is 0 Å². The Balaban J connectivity index is 2.71. The highest BCUT2D eigenvalue weighted by atomic mass is 16.6. The number of aliphatic carboxylic acids is 1. The number of carbonyl (C=O) groups excluding carboxylic acids is 1. The summed E-state index contributed by atoms with van der Waals surface area (Å²) in [5.41, 5.74) is -2.12. The number of hydrogen-bond acceptors (Lipinski definition) is 4. The zero-order chi connectivity index (χ0) is 13.3. The number of likely N-dealkylation sites (tertiary alicyclic amines) is 1. The molecule has 0 bridgehead atoms. The van der Waals surface area contributed by atoms with Crippen molar-refractivity contribution in [3.8, 4) is 6.07 Å². The fraction of sp³-hybridized carbons (Fsp3) is 0.727. The molecule has 1 fully saturated rings. The van der Waals surface area contributed by atoms with Gasteiger partial charge < -0.3 is 14.7 Å². The Bertz CT molecular complexity index is 380. The predicted molar refractivity (Wildman–Crippen MR) is 58.1 cm³/mol. The minimum absolute atomic E-state index is 0.117. The van der Waals surface area contributed by atoms with Crippen LogP contribution < -0.4 is 0 Å². The molecule has 1 heterocycles. The molecule has 0 spiro atoms. The quantitative estimate of drug-likeness (QED) is 0.744. The molecule has 17 heavy (non-hydrogen) atoms. The molecular formula is C11H16N2O4. The lowest BCUT2D eigenvalue weighted by molar-refractivity contribution is -0.144. The van der Waals surface area contributed by atoms with Crippen molar-refractivity contribution in [2.75, 3.05) is 13.1 Å². The molecule has 0 aliphatic carbocycles. The first kappa shape index (κ1) is 13.3. The highest BCUT2D eigenvalue weighted by Crippen LogP contribution is 2.30. The molecule has 94 valence electrons. The van der Waals surface area contributed by atoms with Gasteiger partial charge in [0, 0.05) is 6.54 Å². The summed E-state index contributed by atoms with van der Waals surface area (Å²) in [7, 11) is 0.